The highest BCUT2D eigenvalue weighted by atomic mass is 32.2. The fourth-order valence-corrected chi connectivity index (χ4v) is 1.92. The van der Waals surface area contributed by atoms with Crippen LogP contribution in [-0.4, -0.2) is 28.1 Å². The maximum Gasteiger partial charge on any atom is 0.232 e. The first-order valence-corrected chi connectivity index (χ1v) is 5.47. The van der Waals surface area contributed by atoms with Gasteiger partial charge in [-0.1, -0.05) is 18.2 Å². The van der Waals surface area contributed by atoms with Crippen LogP contribution < -0.4 is 4.72 Å². The Balaban J connectivity index is 2.97. The molecule has 1 aliphatic carbocycles. The van der Waals surface area contributed by atoms with Gasteiger partial charge in [0.2, 0.25) is 21.6 Å². The molecule has 1 aliphatic rings. The van der Waals surface area contributed by atoms with Gasteiger partial charge < -0.3 is 0 Å². The predicted molar refractivity (Wildman–Crippen MR) is 49.9 cm³/mol. The van der Waals surface area contributed by atoms with Crippen LogP contribution in [0.3, 0.4) is 0 Å². The predicted octanol–water partition coefficient (Wildman–Crippen LogP) is -0.741. The summed E-state index contributed by atoms with van der Waals surface area (Å²) in [5.41, 5.74) is 0. The van der Waals surface area contributed by atoms with Crippen LogP contribution in [0.15, 0.2) is 24.3 Å². The molecular weight excluding hydrogens is 214 g/mol. The third kappa shape index (κ3) is 2.88. The summed E-state index contributed by atoms with van der Waals surface area (Å²) in [6, 6.07) is -0.728. The van der Waals surface area contributed by atoms with E-state index >= 15 is 0 Å². The standard InChI is InChI=1S/C6H7NO4S2/c8-12(9)6-4-2-1-3-5(6)7-13(10)11/h1-5,7H,(H,10,11). The fraction of sp³-hybridized carbons (Fsp3) is 0.167. The van der Waals surface area contributed by atoms with Crippen LogP contribution in [0, 0.1) is 0 Å². The lowest BCUT2D eigenvalue weighted by Crippen LogP contribution is -2.36. The minimum absolute atomic E-state index is 0.0462. The fourth-order valence-electron chi connectivity index (χ4n) is 0.889. The Bertz CT molecular complexity index is 398. The minimum Gasteiger partial charge on any atom is -0.294 e. The molecule has 0 aromatic rings. The smallest absolute Gasteiger partial charge is 0.232 e. The van der Waals surface area contributed by atoms with E-state index in [4.69, 9.17) is 4.55 Å². The van der Waals surface area contributed by atoms with Crippen LogP contribution in [-0.2, 0) is 21.6 Å². The van der Waals surface area contributed by atoms with E-state index in [1.165, 1.54) is 12.2 Å². The minimum atomic E-state index is -2.38. The van der Waals surface area contributed by atoms with Crippen molar-refractivity contribution < 1.29 is 17.2 Å². The second-order valence-electron chi connectivity index (χ2n) is 2.23. The Hall–Kier alpha value is -0.760. The molecule has 72 valence electrons. The van der Waals surface area contributed by atoms with Crippen molar-refractivity contribution in [3.05, 3.63) is 24.3 Å². The van der Waals surface area contributed by atoms with E-state index < -0.39 is 27.6 Å². The van der Waals surface area contributed by atoms with Crippen LogP contribution in [0.5, 0.6) is 0 Å². The van der Waals surface area contributed by atoms with Crippen LogP contribution in [0.4, 0.5) is 0 Å². The molecule has 0 aromatic heterocycles. The van der Waals surface area contributed by atoms with Crippen molar-refractivity contribution in [3.8, 4) is 0 Å². The van der Waals surface area contributed by atoms with Gasteiger partial charge in [0, 0.05) is 0 Å². The zero-order valence-electron chi connectivity index (χ0n) is 6.38. The van der Waals surface area contributed by atoms with Crippen molar-refractivity contribution >= 4 is 26.4 Å². The topological polar surface area (TPSA) is 83.5 Å². The van der Waals surface area contributed by atoms with Gasteiger partial charge in [0.15, 0.2) is 0 Å². The second kappa shape index (κ2) is 4.47. The lowest BCUT2D eigenvalue weighted by molar-refractivity contribution is 0.549. The van der Waals surface area contributed by atoms with Crippen molar-refractivity contribution in [1.82, 2.24) is 4.72 Å². The Morgan fingerprint density at radius 1 is 1.31 bits per heavy atom. The summed E-state index contributed by atoms with van der Waals surface area (Å²) in [5, 5.41) is 0. The summed E-state index contributed by atoms with van der Waals surface area (Å²) in [6.45, 7) is 0. The average molecular weight is 221 g/mol. The average Bonchev–Trinajstić information content (AvgIpc) is 2.03. The van der Waals surface area contributed by atoms with E-state index in [2.05, 4.69) is 4.72 Å². The van der Waals surface area contributed by atoms with Crippen LogP contribution in [0.2, 0.25) is 0 Å². The quantitative estimate of drug-likeness (QED) is 0.475. The molecule has 13 heavy (non-hydrogen) atoms. The Kier molecular flexibility index (Phi) is 3.55. The molecule has 0 aromatic carbocycles. The van der Waals surface area contributed by atoms with Crippen molar-refractivity contribution in [2.75, 3.05) is 0 Å². The first kappa shape index (κ1) is 10.3. The van der Waals surface area contributed by atoms with Gasteiger partial charge in [-0.05, 0) is 6.08 Å². The monoisotopic (exact) mass is 221 g/mol. The number of nitrogens with one attached hydrogen (secondary N) is 1. The largest absolute Gasteiger partial charge is 0.294 e. The Labute approximate surface area is 79.1 Å². The first-order chi connectivity index (χ1) is 6.11. The summed E-state index contributed by atoms with van der Waals surface area (Å²) in [4.78, 5) is 0.0462. The van der Waals surface area contributed by atoms with Gasteiger partial charge in [-0.15, -0.1) is 0 Å². The summed E-state index contributed by atoms with van der Waals surface area (Å²) >= 11 is -2.23. The van der Waals surface area contributed by atoms with E-state index in [1.54, 1.807) is 12.2 Å². The summed E-state index contributed by atoms with van der Waals surface area (Å²) < 4.78 is 42.2. The van der Waals surface area contributed by atoms with E-state index in [1.807, 2.05) is 0 Å². The van der Waals surface area contributed by atoms with Gasteiger partial charge in [0.05, 0.1) is 10.9 Å². The van der Waals surface area contributed by atoms with E-state index in [0.717, 1.165) is 0 Å². The lowest BCUT2D eigenvalue weighted by Gasteiger charge is -2.11. The highest BCUT2D eigenvalue weighted by molar-refractivity contribution is 7.77. The van der Waals surface area contributed by atoms with Gasteiger partial charge >= 0.3 is 0 Å². The van der Waals surface area contributed by atoms with Gasteiger partial charge in [0.25, 0.3) is 0 Å². The van der Waals surface area contributed by atoms with Gasteiger partial charge in [0.1, 0.15) is 0 Å². The molecule has 7 heteroatoms. The molecule has 5 nitrogen and oxygen atoms in total. The van der Waals surface area contributed by atoms with Crippen LogP contribution in [0.25, 0.3) is 0 Å². The zero-order chi connectivity index (χ0) is 9.84. The third-order valence-corrected chi connectivity index (χ3v) is 2.63. The molecule has 2 atom stereocenters. The molecule has 1 rings (SSSR count). The van der Waals surface area contributed by atoms with E-state index in [-0.39, 0.29) is 4.86 Å². The highest BCUT2D eigenvalue weighted by Gasteiger charge is 2.15. The summed E-state index contributed by atoms with van der Waals surface area (Å²) in [5.74, 6) is 0. The molecule has 0 radical (unpaired) electrons. The second-order valence-corrected chi connectivity index (χ2v) is 3.90. The maximum atomic E-state index is 10.6. The molecule has 0 spiro atoms. The van der Waals surface area contributed by atoms with Crippen molar-refractivity contribution in [1.29, 1.82) is 0 Å². The normalized spacial score (nSPS) is 23.2. The zero-order valence-corrected chi connectivity index (χ0v) is 8.01. The van der Waals surface area contributed by atoms with Crippen LogP contribution in [0.1, 0.15) is 0 Å². The molecule has 2 N–H and O–H groups in total. The van der Waals surface area contributed by atoms with Crippen molar-refractivity contribution in [3.63, 3.8) is 0 Å². The van der Waals surface area contributed by atoms with Crippen molar-refractivity contribution in [2.24, 2.45) is 0 Å². The Morgan fingerprint density at radius 2 is 2.00 bits per heavy atom. The molecular formula is C6H7NO4S2. The molecule has 0 saturated heterocycles. The summed E-state index contributed by atoms with van der Waals surface area (Å²) in [7, 11) is -2.38. The molecule has 0 saturated carbocycles. The van der Waals surface area contributed by atoms with Gasteiger partial charge in [-0.25, -0.2) is 8.93 Å². The van der Waals surface area contributed by atoms with Gasteiger partial charge in [-0.2, -0.15) is 8.42 Å². The molecule has 0 amide bonds. The van der Waals surface area contributed by atoms with E-state index in [0.29, 0.717) is 0 Å². The number of hydrogen-bond donors (Lipinski definition) is 2. The molecule has 2 unspecified atom stereocenters. The molecule has 0 heterocycles. The van der Waals surface area contributed by atoms with E-state index in [9.17, 15) is 12.6 Å². The lowest BCUT2D eigenvalue weighted by atomic mass is 10.1. The number of rotatable bonds is 2. The highest BCUT2D eigenvalue weighted by Crippen LogP contribution is 2.00. The Morgan fingerprint density at radius 3 is 2.54 bits per heavy atom. The van der Waals surface area contributed by atoms with Crippen LogP contribution >= 0.6 is 0 Å². The molecule has 0 aliphatic heterocycles. The first-order valence-electron chi connectivity index (χ1n) is 3.29. The third-order valence-electron chi connectivity index (χ3n) is 1.40. The van der Waals surface area contributed by atoms with Gasteiger partial charge in [-0.3, -0.25) is 4.55 Å². The summed E-state index contributed by atoms with van der Waals surface area (Å²) in [6.07, 6.45) is 6.00. The number of hydrogen-bond acceptors (Lipinski definition) is 3. The molecule has 0 fully saturated rings. The molecule has 0 bridgehead atoms. The SMILES string of the molecule is O=S(O)NC1C=CC=CC1=S(=O)=O. The van der Waals surface area contributed by atoms with Crippen molar-refractivity contribution in [2.45, 2.75) is 6.04 Å². The maximum absolute atomic E-state index is 10.6. The number of allylic oxidation sites excluding steroid dienone is 2.